The van der Waals surface area contributed by atoms with E-state index in [1.807, 2.05) is 6.92 Å². The molecular weight excluding hydrogens is 394 g/mol. The minimum atomic E-state index is 0.166. The van der Waals surface area contributed by atoms with Gasteiger partial charge in [-0.1, -0.05) is 19.8 Å². The summed E-state index contributed by atoms with van der Waals surface area (Å²) in [5.41, 5.74) is 7.11. The van der Waals surface area contributed by atoms with Gasteiger partial charge in [-0.15, -0.1) is 0 Å². The number of benzene rings is 1. The maximum absolute atomic E-state index is 6.28. The van der Waals surface area contributed by atoms with E-state index in [1.54, 1.807) is 0 Å². The molecule has 0 bridgehead atoms. The van der Waals surface area contributed by atoms with Gasteiger partial charge in [0.05, 0.1) is 15.0 Å². The predicted molar refractivity (Wildman–Crippen MR) is 95.9 cm³/mol. The molecule has 3 atom stereocenters. The van der Waals surface area contributed by atoms with Crippen LogP contribution in [0.2, 0.25) is 0 Å². The van der Waals surface area contributed by atoms with Gasteiger partial charge in [0.1, 0.15) is 5.75 Å². The molecule has 0 heterocycles. The van der Waals surface area contributed by atoms with Crippen LogP contribution in [0.15, 0.2) is 21.1 Å². The van der Waals surface area contributed by atoms with Crippen molar-refractivity contribution in [3.8, 4) is 5.75 Å². The molecule has 118 valence electrons. The number of hydrogen-bond donors (Lipinski definition) is 1. The second-order valence-corrected chi connectivity index (χ2v) is 7.96. The molecule has 2 N–H and O–H groups in total. The van der Waals surface area contributed by atoms with E-state index in [1.165, 1.54) is 31.2 Å². The maximum atomic E-state index is 6.28. The van der Waals surface area contributed by atoms with E-state index >= 15 is 0 Å². The molecule has 3 unspecified atom stereocenters. The minimum Gasteiger partial charge on any atom is -0.488 e. The zero-order valence-electron chi connectivity index (χ0n) is 12.9. The Morgan fingerprint density at radius 1 is 1.29 bits per heavy atom. The molecule has 0 spiro atoms. The molecule has 4 heteroatoms. The highest BCUT2D eigenvalue weighted by Gasteiger charge is 2.23. The van der Waals surface area contributed by atoms with Crippen LogP contribution in [0.5, 0.6) is 5.75 Å². The van der Waals surface area contributed by atoms with Crippen LogP contribution in [0, 0.1) is 5.92 Å². The van der Waals surface area contributed by atoms with Gasteiger partial charge in [-0.05, 0) is 88.1 Å². The lowest BCUT2D eigenvalue weighted by Gasteiger charge is -2.29. The first kappa shape index (κ1) is 17.3. The number of ether oxygens (including phenoxy) is 1. The van der Waals surface area contributed by atoms with Gasteiger partial charge in [0.2, 0.25) is 0 Å². The lowest BCUT2D eigenvalue weighted by molar-refractivity contribution is 0.120. The summed E-state index contributed by atoms with van der Waals surface area (Å²) < 4.78 is 8.32. The maximum Gasteiger partial charge on any atom is 0.148 e. The fourth-order valence-corrected chi connectivity index (χ4v) is 4.57. The highest BCUT2D eigenvalue weighted by atomic mass is 79.9. The van der Waals surface area contributed by atoms with Crippen molar-refractivity contribution >= 4 is 31.9 Å². The molecule has 1 aliphatic rings. The largest absolute Gasteiger partial charge is 0.488 e. The van der Waals surface area contributed by atoms with Gasteiger partial charge in [-0.2, -0.15) is 0 Å². The van der Waals surface area contributed by atoms with Crippen molar-refractivity contribution in [2.75, 3.05) is 0 Å². The van der Waals surface area contributed by atoms with E-state index in [4.69, 9.17) is 10.5 Å². The molecule has 2 rings (SSSR count). The van der Waals surface area contributed by atoms with Crippen molar-refractivity contribution in [3.63, 3.8) is 0 Å². The van der Waals surface area contributed by atoms with Crippen LogP contribution < -0.4 is 10.5 Å². The third-order valence-corrected chi connectivity index (χ3v) is 5.39. The Labute approximate surface area is 145 Å². The van der Waals surface area contributed by atoms with Crippen LogP contribution in [0.4, 0.5) is 0 Å². The lowest BCUT2D eigenvalue weighted by Crippen LogP contribution is -2.25. The Hall–Kier alpha value is -0.0600. The third-order valence-electron chi connectivity index (χ3n) is 4.21. The van der Waals surface area contributed by atoms with Gasteiger partial charge in [0.25, 0.3) is 0 Å². The average molecular weight is 419 g/mol. The molecule has 0 amide bonds. The quantitative estimate of drug-likeness (QED) is 0.689. The first-order valence-corrected chi connectivity index (χ1v) is 9.48. The smallest absolute Gasteiger partial charge is 0.148 e. The van der Waals surface area contributed by atoms with Gasteiger partial charge >= 0.3 is 0 Å². The summed E-state index contributed by atoms with van der Waals surface area (Å²) in [5, 5.41) is 0. The Bertz CT molecular complexity index is 453. The van der Waals surface area contributed by atoms with Gasteiger partial charge in [-0.3, -0.25) is 0 Å². The summed E-state index contributed by atoms with van der Waals surface area (Å²) in [6.45, 7) is 4.31. The van der Waals surface area contributed by atoms with Gasteiger partial charge < -0.3 is 10.5 Å². The first-order valence-electron chi connectivity index (χ1n) is 7.89. The van der Waals surface area contributed by atoms with Gasteiger partial charge in [0.15, 0.2) is 0 Å². The molecule has 1 saturated carbocycles. The Morgan fingerprint density at radius 2 is 1.95 bits per heavy atom. The summed E-state index contributed by atoms with van der Waals surface area (Å²) in [7, 11) is 0. The molecule has 1 aliphatic carbocycles. The van der Waals surface area contributed by atoms with Crippen LogP contribution in [0.3, 0.4) is 0 Å². The molecule has 21 heavy (non-hydrogen) atoms. The summed E-state index contributed by atoms with van der Waals surface area (Å²) in [6, 6.07) is 4.42. The molecule has 2 nitrogen and oxygen atoms in total. The van der Waals surface area contributed by atoms with E-state index in [-0.39, 0.29) is 6.04 Å². The molecule has 1 aromatic carbocycles. The van der Waals surface area contributed by atoms with Crippen molar-refractivity contribution in [2.24, 2.45) is 11.7 Å². The van der Waals surface area contributed by atoms with Gasteiger partial charge in [0, 0.05) is 6.04 Å². The van der Waals surface area contributed by atoms with Crippen molar-refractivity contribution in [1.29, 1.82) is 0 Å². The van der Waals surface area contributed by atoms with Crippen LogP contribution >= 0.6 is 31.9 Å². The van der Waals surface area contributed by atoms with E-state index in [0.717, 1.165) is 33.5 Å². The number of rotatable bonds is 5. The fourth-order valence-electron chi connectivity index (χ4n) is 3.10. The summed E-state index contributed by atoms with van der Waals surface area (Å²) in [5.74, 6) is 1.75. The molecule has 0 aliphatic heterocycles. The Kier molecular flexibility index (Phi) is 6.57. The van der Waals surface area contributed by atoms with Crippen molar-refractivity contribution in [1.82, 2.24) is 0 Å². The monoisotopic (exact) mass is 417 g/mol. The molecule has 1 aromatic rings. The standard InChI is InChI=1S/C17H25Br2NO/c1-3-12-5-4-6-14(8-12)21-17-15(18)9-13(7-11(2)20)10-16(17)19/h9-12,14H,3-8,20H2,1-2H3. The van der Waals surface area contributed by atoms with E-state index < -0.39 is 0 Å². The molecule has 0 saturated heterocycles. The van der Waals surface area contributed by atoms with Crippen LogP contribution in [0.1, 0.15) is 51.5 Å². The summed E-state index contributed by atoms with van der Waals surface area (Å²) >= 11 is 7.30. The average Bonchev–Trinajstić information content (AvgIpc) is 2.42. The normalized spacial score (nSPS) is 23.9. The Morgan fingerprint density at radius 3 is 2.52 bits per heavy atom. The van der Waals surface area contributed by atoms with E-state index in [2.05, 4.69) is 50.9 Å². The number of hydrogen-bond acceptors (Lipinski definition) is 2. The summed E-state index contributed by atoms with van der Waals surface area (Å²) in [4.78, 5) is 0. The second kappa shape index (κ2) is 7.98. The predicted octanol–water partition coefficient (Wildman–Crippen LogP) is 5.45. The van der Waals surface area contributed by atoms with E-state index in [0.29, 0.717) is 6.10 Å². The third kappa shape index (κ3) is 4.97. The second-order valence-electron chi connectivity index (χ2n) is 6.25. The van der Waals surface area contributed by atoms with Crippen molar-refractivity contribution in [3.05, 3.63) is 26.6 Å². The zero-order chi connectivity index (χ0) is 15.4. The van der Waals surface area contributed by atoms with Crippen molar-refractivity contribution < 1.29 is 4.74 Å². The first-order chi connectivity index (χ1) is 9.99. The van der Waals surface area contributed by atoms with Crippen molar-refractivity contribution in [2.45, 2.75) is 64.5 Å². The SMILES string of the molecule is CCC1CCCC(Oc2c(Br)cc(CC(C)N)cc2Br)C1. The molecular formula is C17H25Br2NO. The van der Waals surface area contributed by atoms with Crippen LogP contribution in [-0.2, 0) is 6.42 Å². The highest BCUT2D eigenvalue weighted by Crippen LogP contribution is 2.38. The zero-order valence-corrected chi connectivity index (χ0v) is 16.0. The van der Waals surface area contributed by atoms with Crippen LogP contribution in [-0.4, -0.2) is 12.1 Å². The number of nitrogens with two attached hydrogens (primary N) is 1. The number of halogens is 2. The molecule has 1 fully saturated rings. The topological polar surface area (TPSA) is 35.2 Å². The molecule has 0 aromatic heterocycles. The molecule has 0 radical (unpaired) electrons. The minimum absolute atomic E-state index is 0.166. The lowest BCUT2D eigenvalue weighted by atomic mass is 9.85. The Balaban J connectivity index is 2.09. The van der Waals surface area contributed by atoms with E-state index in [9.17, 15) is 0 Å². The van der Waals surface area contributed by atoms with Crippen LogP contribution in [0.25, 0.3) is 0 Å². The van der Waals surface area contributed by atoms with Gasteiger partial charge in [-0.25, -0.2) is 0 Å². The summed E-state index contributed by atoms with van der Waals surface area (Å²) in [6.07, 6.45) is 7.45. The fraction of sp³-hybridized carbons (Fsp3) is 0.647. The highest BCUT2D eigenvalue weighted by molar-refractivity contribution is 9.11.